The zero-order valence-corrected chi connectivity index (χ0v) is 24.0. The molecule has 1 amide bonds. The largest absolute Gasteiger partial charge is 0.450 e. The summed E-state index contributed by atoms with van der Waals surface area (Å²) in [5.74, 6) is -0.430. The highest BCUT2D eigenvalue weighted by Crippen LogP contribution is 2.25. The van der Waals surface area contributed by atoms with Crippen LogP contribution in [-0.2, 0) is 16.0 Å². The van der Waals surface area contributed by atoms with E-state index in [1.807, 2.05) is 21.1 Å². The van der Waals surface area contributed by atoms with Crippen LogP contribution in [0.15, 0.2) is 73.3 Å². The summed E-state index contributed by atoms with van der Waals surface area (Å²) in [5, 5.41) is 2.63. The number of nitrogens with zero attached hydrogens (tertiary/aromatic N) is 4. The van der Waals surface area contributed by atoms with Gasteiger partial charge in [-0.25, -0.2) is 14.8 Å². The van der Waals surface area contributed by atoms with Crippen molar-refractivity contribution in [3.8, 4) is 11.3 Å². The van der Waals surface area contributed by atoms with Crippen molar-refractivity contribution in [1.29, 1.82) is 0 Å². The third-order valence-corrected chi connectivity index (χ3v) is 6.64. The minimum Gasteiger partial charge on any atom is -0.450 e. The number of halogens is 4. The lowest BCUT2D eigenvalue weighted by Gasteiger charge is -2.07. The van der Waals surface area contributed by atoms with Gasteiger partial charge in [0.05, 0.1) is 31.1 Å². The van der Waals surface area contributed by atoms with Crippen LogP contribution in [0.5, 0.6) is 0 Å². The molecule has 0 aliphatic carbocycles. The van der Waals surface area contributed by atoms with Gasteiger partial charge in [0.15, 0.2) is 0 Å². The van der Waals surface area contributed by atoms with Crippen molar-refractivity contribution in [2.45, 2.75) is 32.4 Å². The number of ether oxygens (including phenoxy) is 1. The van der Waals surface area contributed by atoms with Gasteiger partial charge in [0.25, 0.3) is 0 Å². The van der Waals surface area contributed by atoms with Crippen LogP contribution in [0.25, 0.3) is 22.6 Å². The minimum absolute atomic E-state index is 0.0202. The Balaban J connectivity index is 0.000000208. The number of benzene rings is 1. The number of hydrogen-bond donors (Lipinski definition) is 2. The van der Waals surface area contributed by atoms with Crippen molar-refractivity contribution in [2.24, 2.45) is 0 Å². The molecule has 0 atom stereocenters. The molecule has 0 bridgehead atoms. The summed E-state index contributed by atoms with van der Waals surface area (Å²) in [6.45, 7) is 2.12. The molecule has 0 aliphatic rings. The van der Waals surface area contributed by atoms with Gasteiger partial charge in [-0.15, -0.1) is 0 Å². The Labute approximate surface area is 246 Å². The van der Waals surface area contributed by atoms with Crippen LogP contribution in [0.2, 0.25) is 0 Å². The summed E-state index contributed by atoms with van der Waals surface area (Å²) in [6, 6.07) is 14.3. The lowest BCUT2D eigenvalue weighted by molar-refractivity contribution is -0.143. The summed E-state index contributed by atoms with van der Waals surface area (Å²) in [4.78, 5) is 31.5. The molecule has 0 saturated carbocycles. The fourth-order valence-corrected chi connectivity index (χ4v) is 4.51. The van der Waals surface area contributed by atoms with E-state index in [2.05, 4.69) is 37.9 Å². The van der Waals surface area contributed by atoms with E-state index in [4.69, 9.17) is 10.5 Å². The van der Waals surface area contributed by atoms with Crippen molar-refractivity contribution in [3.05, 3.63) is 82.6 Å². The maximum atomic E-state index is 12.2. The number of nitrogens with two attached hydrogens (primary N) is 1. The van der Waals surface area contributed by atoms with Crippen LogP contribution in [-0.4, -0.2) is 43.4 Å². The van der Waals surface area contributed by atoms with Crippen molar-refractivity contribution in [2.75, 3.05) is 17.7 Å². The number of alkyl halides is 3. The van der Waals surface area contributed by atoms with Gasteiger partial charge in [-0.05, 0) is 53.3 Å². The van der Waals surface area contributed by atoms with Crippen LogP contribution in [0.1, 0.15) is 25.3 Å². The molecule has 13 heteroatoms. The standard InChI is InChI=1S/C18H16F3N3O.C10H10IN3O2/c19-18(20,21)6-4-15(25)9-12-2-1-3-13(8-12)16-11-23-17-10-14(22)5-7-24(16)17;1-2-16-10(15)13-7-3-4-14-8(11)6-12-9(14)5-7/h1-3,5,7-8,10-11H,4,6,9,22H2;3-6H,2H2,1H3,(H,13,15). The summed E-state index contributed by atoms with van der Waals surface area (Å²) in [6.07, 6.45) is 0.753. The topological polar surface area (TPSA) is 116 Å². The second-order valence-electron chi connectivity index (χ2n) is 8.93. The highest BCUT2D eigenvalue weighted by Gasteiger charge is 2.27. The summed E-state index contributed by atoms with van der Waals surface area (Å²) < 4.78 is 46.2. The zero-order valence-electron chi connectivity index (χ0n) is 21.9. The van der Waals surface area contributed by atoms with Gasteiger partial charge in [0, 0.05) is 54.3 Å². The number of amides is 1. The first-order valence-corrected chi connectivity index (χ1v) is 13.6. The lowest BCUT2D eigenvalue weighted by Crippen LogP contribution is -2.13. The van der Waals surface area contributed by atoms with E-state index in [1.165, 1.54) is 0 Å². The second kappa shape index (κ2) is 13.0. The molecule has 4 aromatic heterocycles. The van der Waals surface area contributed by atoms with Crippen LogP contribution in [0.4, 0.5) is 29.3 Å². The van der Waals surface area contributed by atoms with E-state index >= 15 is 0 Å². The molecule has 1 aromatic carbocycles. The van der Waals surface area contributed by atoms with Crippen LogP contribution < -0.4 is 11.1 Å². The van der Waals surface area contributed by atoms with Crippen molar-refractivity contribution in [1.82, 2.24) is 18.8 Å². The predicted molar refractivity (Wildman–Crippen MR) is 158 cm³/mol. The molecule has 214 valence electrons. The molecule has 3 N–H and O–H groups in total. The van der Waals surface area contributed by atoms with E-state index < -0.39 is 30.9 Å². The molecule has 41 heavy (non-hydrogen) atoms. The van der Waals surface area contributed by atoms with Crippen LogP contribution in [0.3, 0.4) is 0 Å². The number of nitrogens with one attached hydrogen (secondary N) is 1. The summed E-state index contributed by atoms with van der Waals surface area (Å²) in [7, 11) is 0. The van der Waals surface area contributed by atoms with Crippen molar-refractivity contribution >= 4 is 57.1 Å². The molecule has 0 unspecified atom stereocenters. The first kappa shape index (κ1) is 29.8. The predicted octanol–water partition coefficient (Wildman–Crippen LogP) is 6.54. The summed E-state index contributed by atoms with van der Waals surface area (Å²) >= 11 is 2.19. The van der Waals surface area contributed by atoms with E-state index in [1.54, 1.807) is 68.0 Å². The second-order valence-corrected chi connectivity index (χ2v) is 10.0. The molecule has 0 spiro atoms. The molecule has 5 rings (SSSR count). The third kappa shape index (κ3) is 8.19. The number of ketones is 1. The van der Waals surface area contributed by atoms with Gasteiger partial charge < -0.3 is 10.5 Å². The Kier molecular flexibility index (Phi) is 9.47. The van der Waals surface area contributed by atoms with Crippen molar-refractivity contribution in [3.63, 3.8) is 0 Å². The quantitative estimate of drug-likeness (QED) is 0.189. The number of carbonyl (C=O) groups is 2. The van der Waals surface area contributed by atoms with Gasteiger partial charge in [-0.2, -0.15) is 13.2 Å². The molecule has 9 nitrogen and oxygen atoms in total. The number of pyridine rings is 2. The normalized spacial score (nSPS) is 11.2. The number of nitrogen functional groups attached to an aromatic ring is 1. The van der Waals surface area contributed by atoms with E-state index in [9.17, 15) is 22.8 Å². The van der Waals surface area contributed by atoms with E-state index in [-0.39, 0.29) is 6.42 Å². The summed E-state index contributed by atoms with van der Waals surface area (Å²) in [5.41, 5.74) is 10.8. The number of aromatic nitrogens is 4. The Morgan fingerprint density at radius 1 is 1.02 bits per heavy atom. The lowest BCUT2D eigenvalue weighted by atomic mass is 10.0. The van der Waals surface area contributed by atoms with Gasteiger partial charge in [-0.1, -0.05) is 18.2 Å². The number of imidazole rings is 2. The Morgan fingerprint density at radius 2 is 1.76 bits per heavy atom. The maximum Gasteiger partial charge on any atom is 0.411 e. The Hall–Kier alpha value is -4.14. The molecule has 0 saturated heterocycles. The highest BCUT2D eigenvalue weighted by atomic mass is 127. The van der Waals surface area contributed by atoms with E-state index in [0.717, 1.165) is 20.6 Å². The molecular weight excluding hydrogens is 652 g/mol. The fraction of sp³-hybridized carbons (Fsp3) is 0.214. The monoisotopic (exact) mass is 678 g/mol. The average molecular weight is 678 g/mol. The molecule has 0 fully saturated rings. The zero-order chi connectivity index (χ0) is 29.6. The smallest absolute Gasteiger partial charge is 0.411 e. The molecule has 5 aromatic rings. The first-order valence-electron chi connectivity index (χ1n) is 12.5. The number of rotatable bonds is 7. The number of fused-ring (bicyclic) bond motifs is 2. The van der Waals surface area contributed by atoms with Crippen LogP contribution in [0, 0.1) is 3.70 Å². The third-order valence-electron chi connectivity index (χ3n) is 5.84. The molecule has 0 radical (unpaired) electrons. The number of Topliss-reactive ketones (excluding diaryl/α,β-unsaturated/α-hetero) is 1. The minimum atomic E-state index is -4.31. The molecule has 4 heterocycles. The van der Waals surface area contributed by atoms with Crippen molar-refractivity contribution < 1.29 is 27.5 Å². The highest BCUT2D eigenvalue weighted by molar-refractivity contribution is 14.1. The van der Waals surface area contributed by atoms with Gasteiger partial charge in [0.2, 0.25) is 0 Å². The van der Waals surface area contributed by atoms with Gasteiger partial charge in [0.1, 0.15) is 20.8 Å². The fourth-order valence-electron chi connectivity index (χ4n) is 3.96. The van der Waals surface area contributed by atoms with Gasteiger partial charge >= 0.3 is 12.3 Å². The van der Waals surface area contributed by atoms with E-state index in [0.29, 0.717) is 29.2 Å². The van der Waals surface area contributed by atoms with Gasteiger partial charge in [-0.3, -0.25) is 18.9 Å². The number of carbonyl (C=O) groups excluding carboxylic acids is 2. The molecule has 0 aliphatic heterocycles. The number of hydrogen-bond acceptors (Lipinski definition) is 6. The first-order chi connectivity index (χ1) is 19.5. The SMILES string of the molecule is CCOC(=O)Nc1ccn2c(I)cnc2c1.Nc1ccn2c(-c3cccc(CC(=O)CCC(F)(F)F)c3)cnc2c1. The number of anilines is 2. The average Bonchev–Trinajstić information content (AvgIpc) is 3.50. The Bertz CT molecular complexity index is 1680. The maximum absolute atomic E-state index is 12.2. The molecular formula is C28H26F3IN6O3. The van der Waals surface area contributed by atoms with Crippen LogP contribution >= 0.6 is 22.6 Å². The Morgan fingerprint density at radius 3 is 2.51 bits per heavy atom.